The van der Waals surface area contributed by atoms with Crippen LogP contribution >= 0.6 is 0 Å². The molecular formula is C12H22O. The second kappa shape index (κ2) is 3.43. The Bertz CT molecular complexity index is 209. The first-order valence-electron chi connectivity index (χ1n) is 5.46. The lowest BCUT2D eigenvalue weighted by Crippen LogP contribution is -2.44. The fourth-order valence-corrected chi connectivity index (χ4v) is 2.69. The number of ketones is 1. The molecule has 0 aromatic carbocycles. The highest BCUT2D eigenvalue weighted by atomic mass is 16.1. The van der Waals surface area contributed by atoms with Gasteiger partial charge < -0.3 is 0 Å². The van der Waals surface area contributed by atoms with Crippen molar-refractivity contribution >= 4 is 5.78 Å². The molecule has 0 aliphatic heterocycles. The van der Waals surface area contributed by atoms with Crippen molar-refractivity contribution in [2.75, 3.05) is 0 Å². The third-order valence-electron chi connectivity index (χ3n) is 4.69. The molecule has 0 aromatic heterocycles. The molecule has 76 valence electrons. The maximum absolute atomic E-state index is 11.6. The summed E-state index contributed by atoms with van der Waals surface area (Å²) >= 11 is 0. The van der Waals surface area contributed by atoms with Crippen LogP contribution in [0.1, 0.15) is 47.5 Å². The summed E-state index contributed by atoms with van der Waals surface area (Å²) in [5.74, 6) is 1.82. The van der Waals surface area contributed by atoms with Gasteiger partial charge in [-0.2, -0.15) is 0 Å². The van der Waals surface area contributed by atoms with Gasteiger partial charge in [-0.15, -0.1) is 0 Å². The van der Waals surface area contributed by atoms with Crippen LogP contribution in [0.5, 0.6) is 0 Å². The third kappa shape index (κ3) is 1.53. The number of Topliss-reactive ketones (excluding diaryl/α,β-unsaturated/α-hetero) is 1. The molecule has 0 saturated heterocycles. The molecule has 13 heavy (non-hydrogen) atoms. The fourth-order valence-electron chi connectivity index (χ4n) is 2.69. The van der Waals surface area contributed by atoms with Gasteiger partial charge in [0.25, 0.3) is 0 Å². The summed E-state index contributed by atoms with van der Waals surface area (Å²) < 4.78 is 0. The van der Waals surface area contributed by atoms with Crippen LogP contribution in [0.4, 0.5) is 0 Å². The third-order valence-corrected chi connectivity index (χ3v) is 4.69. The van der Waals surface area contributed by atoms with Crippen molar-refractivity contribution in [1.29, 1.82) is 0 Å². The number of carbonyl (C=O) groups is 1. The summed E-state index contributed by atoms with van der Waals surface area (Å²) in [5.41, 5.74) is 0.368. The first-order chi connectivity index (χ1) is 5.93. The van der Waals surface area contributed by atoms with E-state index in [4.69, 9.17) is 0 Å². The molecule has 0 spiro atoms. The summed E-state index contributed by atoms with van der Waals surface area (Å²) in [6.07, 6.45) is 1.98. The van der Waals surface area contributed by atoms with Crippen LogP contribution in [-0.4, -0.2) is 5.78 Å². The van der Waals surface area contributed by atoms with Crippen LogP contribution < -0.4 is 0 Å². The van der Waals surface area contributed by atoms with E-state index in [2.05, 4.69) is 34.6 Å². The van der Waals surface area contributed by atoms with E-state index in [9.17, 15) is 4.79 Å². The molecule has 1 nitrogen and oxygen atoms in total. The Morgan fingerprint density at radius 1 is 1.38 bits per heavy atom. The zero-order chi connectivity index (χ0) is 10.2. The lowest BCUT2D eigenvalue weighted by Gasteiger charge is -2.47. The lowest BCUT2D eigenvalue weighted by atomic mass is 9.57. The first kappa shape index (κ1) is 10.7. The van der Waals surface area contributed by atoms with Crippen molar-refractivity contribution in [3.8, 4) is 0 Å². The van der Waals surface area contributed by atoms with E-state index >= 15 is 0 Å². The second-order valence-electron chi connectivity index (χ2n) is 5.01. The van der Waals surface area contributed by atoms with Crippen molar-refractivity contribution in [1.82, 2.24) is 0 Å². The minimum Gasteiger partial charge on any atom is -0.299 e. The van der Waals surface area contributed by atoms with Gasteiger partial charge in [0.1, 0.15) is 5.78 Å². The molecule has 1 heteroatoms. The predicted molar refractivity (Wildman–Crippen MR) is 55.5 cm³/mol. The Balaban J connectivity index is 2.91. The van der Waals surface area contributed by atoms with Gasteiger partial charge in [0.2, 0.25) is 0 Å². The average molecular weight is 182 g/mol. The summed E-state index contributed by atoms with van der Waals surface area (Å²) in [5, 5.41) is 0. The van der Waals surface area contributed by atoms with Gasteiger partial charge in [0.05, 0.1) is 0 Å². The van der Waals surface area contributed by atoms with Crippen LogP contribution in [0.2, 0.25) is 0 Å². The Labute approximate surface area is 81.9 Å². The van der Waals surface area contributed by atoms with Crippen LogP contribution in [-0.2, 0) is 4.79 Å². The van der Waals surface area contributed by atoms with Crippen LogP contribution in [0.3, 0.4) is 0 Å². The zero-order valence-electron chi connectivity index (χ0n) is 9.55. The highest BCUT2D eigenvalue weighted by Gasteiger charge is 2.44. The van der Waals surface area contributed by atoms with Gasteiger partial charge in [0.15, 0.2) is 0 Å². The Morgan fingerprint density at radius 3 is 2.38 bits per heavy atom. The minimum absolute atomic E-state index is 0.265. The van der Waals surface area contributed by atoms with Gasteiger partial charge in [0, 0.05) is 12.3 Å². The minimum atomic E-state index is 0.265. The second-order valence-corrected chi connectivity index (χ2v) is 5.01. The molecule has 4 unspecified atom stereocenters. The summed E-state index contributed by atoms with van der Waals surface area (Å²) in [7, 11) is 0. The Morgan fingerprint density at radius 2 is 1.92 bits per heavy atom. The molecular weight excluding hydrogens is 160 g/mol. The van der Waals surface area contributed by atoms with Crippen molar-refractivity contribution in [3.05, 3.63) is 0 Å². The number of hydrogen-bond acceptors (Lipinski definition) is 1. The SMILES string of the molecule is CCC1(C)C(C)CC(=O)C(C)C1C. The maximum atomic E-state index is 11.6. The molecule has 1 saturated carbocycles. The van der Waals surface area contributed by atoms with E-state index in [-0.39, 0.29) is 5.92 Å². The van der Waals surface area contributed by atoms with Crippen molar-refractivity contribution < 1.29 is 4.79 Å². The molecule has 1 rings (SSSR count). The molecule has 4 atom stereocenters. The molecule has 1 fully saturated rings. The van der Waals surface area contributed by atoms with Gasteiger partial charge in [-0.1, -0.05) is 41.0 Å². The highest BCUT2D eigenvalue weighted by molar-refractivity contribution is 5.82. The predicted octanol–water partition coefficient (Wildman–Crippen LogP) is 3.28. The average Bonchev–Trinajstić information content (AvgIpc) is 2.11. The van der Waals surface area contributed by atoms with Crippen molar-refractivity contribution in [3.63, 3.8) is 0 Å². The standard InChI is InChI=1S/C12H22O/c1-6-12(5)8(2)7-11(13)9(3)10(12)4/h8-10H,6-7H2,1-5H3. The van der Waals surface area contributed by atoms with E-state index in [1.165, 1.54) is 6.42 Å². The molecule has 0 radical (unpaired) electrons. The zero-order valence-corrected chi connectivity index (χ0v) is 9.55. The number of hydrogen-bond donors (Lipinski definition) is 0. The van der Waals surface area contributed by atoms with Crippen molar-refractivity contribution in [2.24, 2.45) is 23.2 Å². The largest absolute Gasteiger partial charge is 0.299 e. The van der Waals surface area contributed by atoms with E-state index in [0.29, 0.717) is 23.0 Å². The van der Waals surface area contributed by atoms with Crippen molar-refractivity contribution in [2.45, 2.75) is 47.5 Å². The Hall–Kier alpha value is -0.330. The highest BCUT2D eigenvalue weighted by Crippen LogP contribution is 2.48. The molecule has 1 aliphatic carbocycles. The fraction of sp³-hybridized carbons (Fsp3) is 0.917. The van der Waals surface area contributed by atoms with Crippen LogP contribution in [0.15, 0.2) is 0 Å². The summed E-state index contributed by atoms with van der Waals surface area (Å²) in [6.45, 7) is 11.1. The van der Waals surface area contributed by atoms with E-state index in [1.54, 1.807) is 0 Å². The smallest absolute Gasteiger partial charge is 0.136 e. The maximum Gasteiger partial charge on any atom is 0.136 e. The molecule has 0 N–H and O–H groups in total. The van der Waals surface area contributed by atoms with Gasteiger partial charge in [-0.3, -0.25) is 4.79 Å². The van der Waals surface area contributed by atoms with E-state index in [0.717, 1.165) is 6.42 Å². The van der Waals surface area contributed by atoms with E-state index < -0.39 is 0 Å². The first-order valence-corrected chi connectivity index (χ1v) is 5.46. The van der Waals surface area contributed by atoms with Gasteiger partial charge in [-0.25, -0.2) is 0 Å². The summed E-state index contributed by atoms with van der Waals surface area (Å²) in [4.78, 5) is 11.6. The van der Waals surface area contributed by atoms with Crippen LogP contribution in [0, 0.1) is 23.2 Å². The lowest BCUT2D eigenvalue weighted by molar-refractivity contribution is -0.133. The topological polar surface area (TPSA) is 17.1 Å². The number of carbonyl (C=O) groups excluding carboxylic acids is 1. The molecule has 0 heterocycles. The molecule has 1 aliphatic rings. The molecule has 0 aromatic rings. The quantitative estimate of drug-likeness (QED) is 0.608. The molecule has 0 amide bonds. The Kier molecular flexibility index (Phi) is 2.84. The normalized spacial score (nSPS) is 46.5. The van der Waals surface area contributed by atoms with Crippen LogP contribution in [0.25, 0.3) is 0 Å². The molecule has 0 bridgehead atoms. The number of rotatable bonds is 1. The summed E-state index contributed by atoms with van der Waals surface area (Å²) in [6, 6.07) is 0. The van der Waals surface area contributed by atoms with Gasteiger partial charge >= 0.3 is 0 Å². The van der Waals surface area contributed by atoms with Gasteiger partial charge in [-0.05, 0) is 17.3 Å². The van der Waals surface area contributed by atoms with E-state index in [1.807, 2.05) is 0 Å². The monoisotopic (exact) mass is 182 g/mol.